The van der Waals surface area contributed by atoms with E-state index in [9.17, 15) is 4.79 Å². The average Bonchev–Trinajstić information content (AvgIpc) is 3.41. The maximum absolute atomic E-state index is 13.0. The van der Waals surface area contributed by atoms with E-state index in [1.165, 1.54) is 0 Å². The van der Waals surface area contributed by atoms with E-state index >= 15 is 0 Å². The molecule has 3 N–H and O–H groups in total. The fourth-order valence-corrected chi connectivity index (χ4v) is 4.76. The molecule has 0 spiro atoms. The highest BCUT2D eigenvalue weighted by atomic mass is 16.5. The summed E-state index contributed by atoms with van der Waals surface area (Å²) in [5, 5.41) is 18.4. The molecule has 5 rings (SSSR count). The molecule has 2 aliphatic rings. The monoisotopic (exact) mass is 434 g/mol. The summed E-state index contributed by atoms with van der Waals surface area (Å²) in [5.41, 5.74) is 4.60. The van der Waals surface area contributed by atoms with Crippen LogP contribution in [0.25, 0.3) is 0 Å². The van der Waals surface area contributed by atoms with Crippen molar-refractivity contribution in [2.24, 2.45) is 5.41 Å². The van der Waals surface area contributed by atoms with Crippen molar-refractivity contribution in [2.45, 2.75) is 45.3 Å². The second-order valence-electron chi connectivity index (χ2n) is 9.50. The van der Waals surface area contributed by atoms with Gasteiger partial charge in [-0.1, -0.05) is 44.2 Å². The zero-order valence-electron chi connectivity index (χ0n) is 18.6. The number of carbonyl (C=O) groups is 1. The van der Waals surface area contributed by atoms with Crippen molar-refractivity contribution in [1.82, 2.24) is 25.3 Å². The smallest absolute Gasteiger partial charge is 0.276 e. The topological polar surface area (TPSA) is 96.9 Å². The summed E-state index contributed by atoms with van der Waals surface area (Å²) >= 11 is 0. The van der Waals surface area contributed by atoms with Gasteiger partial charge in [-0.25, -0.2) is 0 Å². The Hall–Kier alpha value is -2.97. The van der Waals surface area contributed by atoms with Gasteiger partial charge in [0.25, 0.3) is 5.91 Å². The summed E-state index contributed by atoms with van der Waals surface area (Å²) in [6.07, 6.45) is 6.34. The maximum atomic E-state index is 13.0. The van der Waals surface area contributed by atoms with E-state index in [0.717, 1.165) is 49.2 Å². The highest BCUT2D eigenvalue weighted by Crippen LogP contribution is 2.35. The number of morpholine rings is 1. The van der Waals surface area contributed by atoms with Crippen LogP contribution in [-0.4, -0.2) is 51.7 Å². The lowest BCUT2D eigenvalue weighted by molar-refractivity contribution is 0.00220. The third-order valence-corrected chi connectivity index (χ3v) is 6.47. The highest BCUT2D eigenvalue weighted by molar-refractivity contribution is 6.03. The number of fused-ring (bicyclic) bond motifs is 1. The van der Waals surface area contributed by atoms with E-state index in [-0.39, 0.29) is 23.5 Å². The van der Waals surface area contributed by atoms with Crippen LogP contribution in [-0.2, 0) is 17.6 Å². The predicted molar refractivity (Wildman–Crippen MR) is 122 cm³/mol. The minimum absolute atomic E-state index is 0.0451. The number of benzene rings is 1. The number of nitrogens with one attached hydrogen (secondary N) is 3. The molecule has 8 heteroatoms. The van der Waals surface area contributed by atoms with E-state index in [1.54, 1.807) is 6.20 Å². The van der Waals surface area contributed by atoms with Crippen LogP contribution in [0.15, 0.2) is 42.7 Å². The molecule has 168 valence electrons. The van der Waals surface area contributed by atoms with E-state index in [0.29, 0.717) is 18.0 Å². The van der Waals surface area contributed by atoms with Gasteiger partial charge in [-0.2, -0.15) is 10.2 Å². The summed E-state index contributed by atoms with van der Waals surface area (Å²) in [5.74, 6) is -0.200. The Balaban J connectivity index is 1.36. The zero-order valence-corrected chi connectivity index (χ0v) is 18.6. The molecule has 1 unspecified atom stereocenters. The third kappa shape index (κ3) is 4.20. The van der Waals surface area contributed by atoms with E-state index in [2.05, 4.69) is 51.9 Å². The summed E-state index contributed by atoms with van der Waals surface area (Å²) in [7, 11) is 0. The van der Waals surface area contributed by atoms with Crippen LogP contribution in [0.3, 0.4) is 0 Å². The van der Waals surface area contributed by atoms with E-state index in [1.807, 2.05) is 29.1 Å². The normalized spacial score (nSPS) is 21.0. The van der Waals surface area contributed by atoms with Gasteiger partial charge in [0.2, 0.25) is 0 Å². The van der Waals surface area contributed by atoms with E-state index in [4.69, 9.17) is 4.74 Å². The van der Waals surface area contributed by atoms with Crippen LogP contribution in [0.5, 0.6) is 0 Å². The van der Waals surface area contributed by atoms with Crippen LogP contribution >= 0.6 is 0 Å². The average molecular weight is 435 g/mol. The number of H-pyrrole nitrogens is 1. The van der Waals surface area contributed by atoms with Gasteiger partial charge in [0.15, 0.2) is 5.69 Å². The molecular formula is C24H30N6O2. The van der Waals surface area contributed by atoms with Crippen molar-refractivity contribution >= 4 is 11.6 Å². The SMILES string of the molecule is CC1(C)CCc2c(C(=O)Nc3cnn([C@@H](c4ccccc4)C4CNCCO4)c3)n[nH]c2C1. The van der Waals surface area contributed by atoms with Crippen molar-refractivity contribution in [2.75, 3.05) is 25.0 Å². The summed E-state index contributed by atoms with van der Waals surface area (Å²) in [6, 6.07) is 10.1. The minimum atomic E-state index is -0.200. The number of hydrogen-bond donors (Lipinski definition) is 3. The fourth-order valence-electron chi connectivity index (χ4n) is 4.76. The summed E-state index contributed by atoms with van der Waals surface area (Å²) in [6.45, 7) is 6.76. The minimum Gasteiger partial charge on any atom is -0.373 e. The first-order valence-corrected chi connectivity index (χ1v) is 11.3. The standard InChI is InChI=1S/C24H30N6O2/c1-24(2)9-8-18-19(12-24)28-29-21(18)23(31)27-17-13-26-30(15-17)22(16-6-4-3-5-7-16)20-14-25-10-11-32-20/h3-7,13,15,20,22,25H,8-12,14H2,1-2H3,(H,27,31)(H,28,29)/t20?,22-/m0/s1. The number of aromatic amines is 1. The Morgan fingerprint density at radius 2 is 2.16 bits per heavy atom. The second-order valence-corrected chi connectivity index (χ2v) is 9.50. The van der Waals surface area contributed by atoms with Gasteiger partial charge < -0.3 is 15.4 Å². The Kier molecular flexibility index (Phi) is 5.57. The maximum Gasteiger partial charge on any atom is 0.276 e. The second kappa shape index (κ2) is 8.52. The largest absolute Gasteiger partial charge is 0.373 e. The lowest BCUT2D eigenvalue weighted by Gasteiger charge is -2.31. The first-order chi connectivity index (χ1) is 15.5. The van der Waals surface area contributed by atoms with Crippen LogP contribution < -0.4 is 10.6 Å². The molecule has 0 bridgehead atoms. The van der Waals surface area contributed by atoms with Crippen LogP contribution in [0.1, 0.15) is 53.6 Å². The Morgan fingerprint density at radius 1 is 1.31 bits per heavy atom. The molecule has 2 aromatic heterocycles. The highest BCUT2D eigenvalue weighted by Gasteiger charge is 2.31. The molecule has 8 nitrogen and oxygen atoms in total. The van der Waals surface area contributed by atoms with Crippen LogP contribution in [0, 0.1) is 5.41 Å². The number of ether oxygens (including phenoxy) is 1. The van der Waals surface area contributed by atoms with Gasteiger partial charge >= 0.3 is 0 Å². The number of rotatable bonds is 5. The molecule has 3 aromatic rings. The van der Waals surface area contributed by atoms with Gasteiger partial charge in [-0.15, -0.1) is 0 Å². The Morgan fingerprint density at radius 3 is 2.94 bits per heavy atom. The van der Waals surface area contributed by atoms with Gasteiger partial charge in [0.1, 0.15) is 6.04 Å². The quantitative estimate of drug-likeness (QED) is 0.574. The molecule has 1 aromatic carbocycles. The first kappa shape index (κ1) is 20.9. The molecule has 1 aliphatic carbocycles. The Labute approximate surface area is 187 Å². The molecule has 32 heavy (non-hydrogen) atoms. The molecule has 3 heterocycles. The molecular weight excluding hydrogens is 404 g/mol. The van der Waals surface area contributed by atoms with Crippen molar-refractivity contribution in [3.63, 3.8) is 0 Å². The van der Waals surface area contributed by atoms with Crippen molar-refractivity contribution < 1.29 is 9.53 Å². The number of amides is 1. The molecule has 1 aliphatic heterocycles. The van der Waals surface area contributed by atoms with Gasteiger partial charge in [-0.3, -0.25) is 14.6 Å². The molecule has 1 amide bonds. The number of aromatic nitrogens is 4. The van der Waals surface area contributed by atoms with Gasteiger partial charge in [-0.05, 0) is 30.2 Å². The summed E-state index contributed by atoms with van der Waals surface area (Å²) in [4.78, 5) is 13.0. The Bertz CT molecular complexity index is 1080. The zero-order chi connectivity index (χ0) is 22.1. The van der Waals surface area contributed by atoms with Crippen molar-refractivity contribution in [3.05, 3.63) is 65.2 Å². The number of carbonyl (C=O) groups excluding carboxylic acids is 1. The first-order valence-electron chi connectivity index (χ1n) is 11.3. The predicted octanol–water partition coefficient (Wildman–Crippen LogP) is 2.95. The van der Waals surface area contributed by atoms with Gasteiger partial charge in [0.05, 0.1) is 24.6 Å². The summed E-state index contributed by atoms with van der Waals surface area (Å²) < 4.78 is 7.93. The third-order valence-electron chi connectivity index (χ3n) is 6.47. The number of nitrogens with zero attached hydrogens (tertiary/aromatic N) is 3. The molecule has 1 saturated heterocycles. The number of anilines is 1. The molecule has 1 fully saturated rings. The molecule has 0 radical (unpaired) electrons. The van der Waals surface area contributed by atoms with E-state index < -0.39 is 0 Å². The molecule has 2 atom stereocenters. The number of hydrogen-bond acceptors (Lipinski definition) is 5. The van der Waals surface area contributed by atoms with Crippen molar-refractivity contribution in [1.29, 1.82) is 0 Å². The lowest BCUT2D eigenvalue weighted by Crippen LogP contribution is -2.43. The van der Waals surface area contributed by atoms with Crippen molar-refractivity contribution in [3.8, 4) is 0 Å². The van der Waals surface area contributed by atoms with Crippen LogP contribution in [0.2, 0.25) is 0 Å². The van der Waals surface area contributed by atoms with Gasteiger partial charge in [0, 0.05) is 30.5 Å². The lowest BCUT2D eigenvalue weighted by atomic mass is 9.76. The van der Waals surface area contributed by atoms with Crippen LogP contribution in [0.4, 0.5) is 5.69 Å². The molecule has 0 saturated carbocycles. The fraction of sp³-hybridized carbons (Fsp3) is 0.458.